The lowest BCUT2D eigenvalue weighted by molar-refractivity contribution is 0.122. The lowest BCUT2D eigenvalue weighted by Crippen LogP contribution is -2.36. The van der Waals surface area contributed by atoms with Gasteiger partial charge >= 0.3 is 0 Å². The lowest BCUT2D eigenvalue weighted by Gasteiger charge is -2.29. The van der Waals surface area contributed by atoms with Crippen LogP contribution in [0.3, 0.4) is 0 Å². The van der Waals surface area contributed by atoms with E-state index in [1.54, 1.807) is 0 Å². The van der Waals surface area contributed by atoms with E-state index in [2.05, 4.69) is 39.1 Å². The van der Waals surface area contributed by atoms with Crippen molar-refractivity contribution in [2.24, 2.45) is 0 Å². The average Bonchev–Trinajstić information content (AvgIpc) is 2.69. The van der Waals surface area contributed by atoms with Crippen LogP contribution in [0.4, 0.5) is 11.6 Å². The first-order chi connectivity index (χ1) is 12.3. The summed E-state index contributed by atoms with van der Waals surface area (Å²) in [6.07, 6.45) is 8.20. The van der Waals surface area contributed by atoms with E-state index in [9.17, 15) is 0 Å². The standard InChI is InChI=1S/C20H26N4O/c21-20-22-14-18(19(23-20)16-4-2-1-3-5-16)15-6-8-17(9-7-15)24-10-12-25-13-11-24/h6-9,14,16H,1-5,10-13H2,(H2,21,22,23). The van der Waals surface area contributed by atoms with Crippen molar-refractivity contribution in [1.82, 2.24) is 9.97 Å². The summed E-state index contributed by atoms with van der Waals surface area (Å²) in [5, 5.41) is 0. The monoisotopic (exact) mass is 338 g/mol. The van der Waals surface area contributed by atoms with E-state index in [1.165, 1.54) is 43.4 Å². The Labute approximate surface area is 149 Å². The molecule has 0 amide bonds. The van der Waals surface area contributed by atoms with E-state index in [0.29, 0.717) is 11.9 Å². The topological polar surface area (TPSA) is 64.3 Å². The molecule has 132 valence electrons. The van der Waals surface area contributed by atoms with Crippen molar-refractivity contribution in [1.29, 1.82) is 0 Å². The molecule has 0 radical (unpaired) electrons. The first-order valence-electron chi connectivity index (χ1n) is 9.37. The van der Waals surface area contributed by atoms with Gasteiger partial charge in [-0.3, -0.25) is 0 Å². The van der Waals surface area contributed by atoms with E-state index in [4.69, 9.17) is 10.5 Å². The Morgan fingerprint density at radius 3 is 2.44 bits per heavy atom. The van der Waals surface area contributed by atoms with Crippen LogP contribution in [-0.2, 0) is 4.74 Å². The highest BCUT2D eigenvalue weighted by Crippen LogP contribution is 2.37. The number of aromatic nitrogens is 2. The number of nitrogens with two attached hydrogens (primary N) is 1. The van der Waals surface area contributed by atoms with Crippen molar-refractivity contribution < 1.29 is 4.74 Å². The molecule has 5 nitrogen and oxygen atoms in total. The maximum Gasteiger partial charge on any atom is 0.220 e. The molecule has 0 spiro atoms. The molecule has 2 heterocycles. The molecule has 1 saturated carbocycles. The molecule has 5 heteroatoms. The second-order valence-electron chi connectivity index (χ2n) is 7.01. The number of ether oxygens (including phenoxy) is 1. The Hall–Kier alpha value is -2.14. The Kier molecular flexibility index (Phi) is 4.83. The summed E-state index contributed by atoms with van der Waals surface area (Å²) >= 11 is 0. The number of nitrogen functional groups attached to an aromatic ring is 1. The third-order valence-electron chi connectivity index (χ3n) is 5.38. The van der Waals surface area contributed by atoms with Crippen molar-refractivity contribution in [3.8, 4) is 11.1 Å². The molecule has 2 aromatic rings. The third kappa shape index (κ3) is 3.61. The van der Waals surface area contributed by atoms with Crippen molar-refractivity contribution >= 4 is 11.6 Å². The minimum atomic E-state index is 0.384. The molecule has 0 atom stereocenters. The Morgan fingerprint density at radius 1 is 1.00 bits per heavy atom. The number of nitrogens with zero attached hydrogens (tertiary/aromatic N) is 3. The molecule has 2 fully saturated rings. The van der Waals surface area contributed by atoms with E-state index >= 15 is 0 Å². The van der Waals surface area contributed by atoms with Gasteiger partial charge in [-0.15, -0.1) is 0 Å². The molecule has 1 aliphatic carbocycles. The summed E-state index contributed by atoms with van der Waals surface area (Å²) < 4.78 is 5.44. The maximum atomic E-state index is 5.89. The van der Waals surface area contributed by atoms with Crippen molar-refractivity contribution in [2.45, 2.75) is 38.0 Å². The molecule has 1 aromatic heterocycles. The van der Waals surface area contributed by atoms with Crippen LogP contribution < -0.4 is 10.6 Å². The Bertz CT molecular complexity index is 704. The minimum Gasteiger partial charge on any atom is -0.378 e. The first kappa shape index (κ1) is 16.3. The highest BCUT2D eigenvalue weighted by atomic mass is 16.5. The largest absolute Gasteiger partial charge is 0.378 e. The summed E-state index contributed by atoms with van der Waals surface area (Å²) in [6.45, 7) is 3.52. The average molecular weight is 338 g/mol. The van der Waals surface area contributed by atoms with Crippen molar-refractivity contribution in [2.75, 3.05) is 36.9 Å². The zero-order valence-corrected chi connectivity index (χ0v) is 14.7. The van der Waals surface area contributed by atoms with Crippen LogP contribution in [0.25, 0.3) is 11.1 Å². The Balaban J connectivity index is 1.62. The number of benzene rings is 1. The number of morpholine rings is 1. The molecule has 25 heavy (non-hydrogen) atoms. The fourth-order valence-electron chi connectivity index (χ4n) is 3.99. The summed E-state index contributed by atoms with van der Waals surface area (Å²) in [5.41, 5.74) is 10.6. The molecule has 1 aliphatic heterocycles. The van der Waals surface area contributed by atoms with Crippen LogP contribution in [0.1, 0.15) is 43.7 Å². The molecular weight excluding hydrogens is 312 g/mol. The zero-order valence-electron chi connectivity index (χ0n) is 14.7. The molecule has 0 unspecified atom stereocenters. The second-order valence-corrected chi connectivity index (χ2v) is 7.01. The van der Waals surface area contributed by atoms with Gasteiger partial charge in [0.05, 0.1) is 18.9 Å². The van der Waals surface area contributed by atoms with Gasteiger partial charge in [0.15, 0.2) is 0 Å². The zero-order chi connectivity index (χ0) is 17.1. The van der Waals surface area contributed by atoms with Crippen LogP contribution in [0.5, 0.6) is 0 Å². The van der Waals surface area contributed by atoms with E-state index in [-0.39, 0.29) is 0 Å². The summed E-state index contributed by atoms with van der Waals surface area (Å²) in [4.78, 5) is 11.3. The van der Waals surface area contributed by atoms with Gasteiger partial charge < -0.3 is 15.4 Å². The van der Waals surface area contributed by atoms with Crippen molar-refractivity contribution in [3.63, 3.8) is 0 Å². The summed E-state index contributed by atoms with van der Waals surface area (Å²) in [6, 6.07) is 8.77. The van der Waals surface area contributed by atoms with Gasteiger partial charge in [-0.1, -0.05) is 31.4 Å². The number of rotatable bonds is 3. The highest BCUT2D eigenvalue weighted by Gasteiger charge is 2.21. The molecule has 1 saturated heterocycles. The number of hydrogen-bond acceptors (Lipinski definition) is 5. The van der Waals surface area contributed by atoms with Gasteiger partial charge in [0.2, 0.25) is 5.95 Å². The molecule has 2 N–H and O–H groups in total. The number of anilines is 2. The van der Waals surface area contributed by atoms with Crippen molar-refractivity contribution in [3.05, 3.63) is 36.2 Å². The van der Waals surface area contributed by atoms with Gasteiger partial charge in [0, 0.05) is 36.5 Å². The third-order valence-corrected chi connectivity index (χ3v) is 5.38. The molecular formula is C20H26N4O. The molecule has 2 aliphatic rings. The van der Waals surface area contributed by atoms with E-state index < -0.39 is 0 Å². The van der Waals surface area contributed by atoms with Crippen LogP contribution in [-0.4, -0.2) is 36.3 Å². The highest BCUT2D eigenvalue weighted by molar-refractivity contribution is 5.69. The SMILES string of the molecule is Nc1ncc(-c2ccc(N3CCOCC3)cc2)c(C2CCCCC2)n1. The van der Waals surface area contributed by atoms with Crippen LogP contribution in [0.15, 0.2) is 30.5 Å². The van der Waals surface area contributed by atoms with Crippen LogP contribution in [0, 0.1) is 0 Å². The fourth-order valence-corrected chi connectivity index (χ4v) is 3.99. The van der Waals surface area contributed by atoms with Gasteiger partial charge in [-0.2, -0.15) is 0 Å². The predicted molar refractivity (Wildman–Crippen MR) is 101 cm³/mol. The first-order valence-corrected chi connectivity index (χ1v) is 9.37. The van der Waals surface area contributed by atoms with Gasteiger partial charge in [-0.05, 0) is 30.5 Å². The Morgan fingerprint density at radius 2 is 1.72 bits per heavy atom. The van der Waals surface area contributed by atoms with Gasteiger partial charge in [0.1, 0.15) is 0 Å². The number of hydrogen-bond donors (Lipinski definition) is 1. The maximum absolute atomic E-state index is 5.89. The summed E-state index contributed by atoms with van der Waals surface area (Å²) in [5.74, 6) is 0.891. The predicted octanol–water partition coefficient (Wildman–Crippen LogP) is 3.61. The molecule has 1 aromatic carbocycles. The lowest BCUT2D eigenvalue weighted by atomic mass is 9.84. The van der Waals surface area contributed by atoms with Gasteiger partial charge in [0.25, 0.3) is 0 Å². The summed E-state index contributed by atoms with van der Waals surface area (Å²) in [7, 11) is 0. The minimum absolute atomic E-state index is 0.384. The van der Waals surface area contributed by atoms with Gasteiger partial charge in [-0.25, -0.2) is 9.97 Å². The fraction of sp³-hybridized carbons (Fsp3) is 0.500. The molecule has 0 bridgehead atoms. The van der Waals surface area contributed by atoms with Crippen LogP contribution in [0.2, 0.25) is 0 Å². The smallest absolute Gasteiger partial charge is 0.220 e. The van der Waals surface area contributed by atoms with E-state index in [1.807, 2.05) is 6.20 Å². The second kappa shape index (κ2) is 7.40. The van der Waals surface area contributed by atoms with E-state index in [0.717, 1.165) is 37.6 Å². The quantitative estimate of drug-likeness (QED) is 0.926. The molecule has 4 rings (SSSR count). The normalized spacial score (nSPS) is 19.1. The van der Waals surface area contributed by atoms with Crippen LogP contribution >= 0.6 is 0 Å².